The molecular weight excluding hydrogens is 374 g/mol. The van der Waals surface area contributed by atoms with Crippen LogP contribution in [-0.4, -0.2) is 28.8 Å². The minimum Gasteiger partial charge on any atom is -0.374 e. The van der Waals surface area contributed by atoms with Gasteiger partial charge >= 0.3 is 0 Å². The standard InChI is InChI=1S/C22H24ClN3O2/c1-16-21(15-25-26(16)20-11-9-19(23)10-12-20)22(27)24-13-6-14-28-17(2)18-7-4-3-5-8-18/h3-5,7-12,15,17H,6,13-14H2,1-2H3,(H,24,27). The molecule has 0 bridgehead atoms. The van der Waals surface area contributed by atoms with E-state index in [4.69, 9.17) is 16.3 Å². The van der Waals surface area contributed by atoms with E-state index in [-0.39, 0.29) is 12.0 Å². The smallest absolute Gasteiger partial charge is 0.254 e. The lowest BCUT2D eigenvalue weighted by atomic mass is 10.1. The van der Waals surface area contributed by atoms with Crippen LogP contribution in [0.15, 0.2) is 60.8 Å². The van der Waals surface area contributed by atoms with Gasteiger partial charge in [0, 0.05) is 18.2 Å². The summed E-state index contributed by atoms with van der Waals surface area (Å²) in [6.45, 7) is 5.04. The highest BCUT2D eigenvalue weighted by atomic mass is 35.5. The van der Waals surface area contributed by atoms with E-state index in [9.17, 15) is 4.79 Å². The molecule has 0 radical (unpaired) electrons. The van der Waals surface area contributed by atoms with Crippen molar-refractivity contribution in [1.29, 1.82) is 0 Å². The summed E-state index contributed by atoms with van der Waals surface area (Å²) >= 11 is 5.93. The van der Waals surface area contributed by atoms with Crippen LogP contribution in [0.3, 0.4) is 0 Å². The highest BCUT2D eigenvalue weighted by molar-refractivity contribution is 6.30. The maximum atomic E-state index is 12.5. The molecule has 2 aromatic carbocycles. The number of hydrogen-bond donors (Lipinski definition) is 1. The highest BCUT2D eigenvalue weighted by Crippen LogP contribution is 2.17. The van der Waals surface area contributed by atoms with Gasteiger partial charge < -0.3 is 10.1 Å². The van der Waals surface area contributed by atoms with Gasteiger partial charge in [0.15, 0.2) is 0 Å². The maximum Gasteiger partial charge on any atom is 0.254 e. The Morgan fingerprint density at radius 2 is 1.89 bits per heavy atom. The van der Waals surface area contributed by atoms with Gasteiger partial charge in [-0.25, -0.2) is 4.68 Å². The molecule has 1 unspecified atom stereocenters. The Kier molecular flexibility index (Phi) is 6.85. The third-order valence-electron chi connectivity index (χ3n) is 4.57. The monoisotopic (exact) mass is 397 g/mol. The first-order chi connectivity index (χ1) is 13.6. The quantitative estimate of drug-likeness (QED) is 0.559. The number of amides is 1. The summed E-state index contributed by atoms with van der Waals surface area (Å²) in [5.74, 6) is -0.131. The Balaban J connectivity index is 1.47. The molecule has 1 aromatic heterocycles. The predicted molar refractivity (Wildman–Crippen MR) is 111 cm³/mol. The third kappa shape index (κ3) is 5.00. The molecule has 3 rings (SSSR count). The number of carbonyl (C=O) groups excluding carboxylic acids is 1. The lowest BCUT2D eigenvalue weighted by Crippen LogP contribution is -2.25. The summed E-state index contributed by atoms with van der Waals surface area (Å²) in [6, 6.07) is 17.4. The SMILES string of the molecule is Cc1c(C(=O)NCCCOC(C)c2ccccc2)cnn1-c1ccc(Cl)cc1. The molecule has 0 aliphatic carbocycles. The Bertz CT molecular complexity index is 907. The van der Waals surface area contributed by atoms with Crippen molar-refractivity contribution in [2.45, 2.75) is 26.4 Å². The van der Waals surface area contributed by atoms with Crippen molar-refractivity contribution in [3.05, 3.63) is 82.6 Å². The zero-order valence-corrected chi connectivity index (χ0v) is 16.8. The number of nitrogens with one attached hydrogen (secondary N) is 1. The van der Waals surface area contributed by atoms with Crippen molar-refractivity contribution in [3.8, 4) is 5.69 Å². The molecule has 0 saturated carbocycles. The van der Waals surface area contributed by atoms with E-state index in [0.29, 0.717) is 23.7 Å². The molecule has 0 saturated heterocycles. The number of rotatable bonds is 8. The van der Waals surface area contributed by atoms with Gasteiger partial charge in [0.1, 0.15) is 0 Å². The number of aromatic nitrogens is 2. The Hall–Kier alpha value is -2.63. The second-order valence-electron chi connectivity index (χ2n) is 6.57. The van der Waals surface area contributed by atoms with Crippen LogP contribution in [0.25, 0.3) is 5.69 Å². The van der Waals surface area contributed by atoms with Crippen LogP contribution >= 0.6 is 11.6 Å². The Labute approximate surface area is 170 Å². The average Bonchev–Trinajstić information content (AvgIpc) is 3.10. The molecule has 1 atom stereocenters. The molecule has 146 valence electrons. The number of hydrogen-bond acceptors (Lipinski definition) is 3. The van der Waals surface area contributed by atoms with Crippen LogP contribution in [-0.2, 0) is 4.74 Å². The van der Waals surface area contributed by atoms with Crippen molar-refractivity contribution in [1.82, 2.24) is 15.1 Å². The van der Waals surface area contributed by atoms with E-state index in [2.05, 4.69) is 10.4 Å². The van der Waals surface area contributed by atoms with Gasteiger partial charge in [-0.2, -0.15) is 5.10 Å². The van der Waals surface area contributed by atoms with Crippen LogP contribution in [0.2, 0.25) is 5.02 Å². The minimum atomic E-state index is -0.131. The van der Waals surface area contributed by atoms with E-state index in [1.165, 1.54) is 0 Å². The fraction of sp³-hybridized carbons (Fsp3) is 0.273. The third-order valence-corrected chi connectivity index (χ3v) is 4.82. The fourth-order valence-electron chi connectivity index (χ4n) is 2.92. The van der Waals surface area contributed by atoms with Crippen LogP contribution in [0.1, 0.15) is 41.1 Å². The predicted octanol–water partition coefficient (Wildman–Crippen LogP) is 4.73. The molecule has 5 nitrogen and oxygen atoms in total. The number of carbonyl (C=O) groups is 1. The molecule has 3 aromatic rings. The van der Waals surface area contributed by atoms with Crippen molar-refractivity contribution in [3.63, 3.8) is 0 Å². The lowest BCUT2D eigenvalue weighted by Gasteiger charge is -2.13. The summed E-state index contributed by atoms with van der Waals surface area (Å²) in [5.41, 5.74) is 3.36. The van der Waals surface area contributed by atoms with E-state index < -0.39 is 0 Å². The highest BCUT2D eigenvalue weighted by Gasteiger charge is 2.14. The maximum absolute atomic E-state index is 12.5. The zero-order chi connectivity index (χ0) is 19.9. The van der Waals surface area contributed by atoms with Gasteiger partial charge in [0.25, 0.3) is 5.91 Å². The fourth-order valence-corrected chi connectivity index (χ4v) is 3.05. The Morgan fingerprint density at radius 3 is 2.61 bits per heavy atom. The summed E-state index contributed by atoms with van der Waals surface area (Å²) < 4.78 is 7.56. The van der Waals surface area contributed by atoms with E-state index in [1.807, 2.05) is 56.3 Å². The van der Waals surface area contributed by atoms with Crippen molar-refractivity contribution < 1.29 is 9.53 Å². The minimum absolute atomic E-state index is 0.0387. The first-order valence-corrected chi connectivity index (χ1v) is 9.69. The van der Waals surface area contributed by atoms with Gasteiger partial charge in [-0.15, -0.1) is 0 Å². The van der Waals surface area contributed by atoms with Gasteiger partial charge in [-0.05, 0) is 50.1 Å². The summed E-state index contributed by atoms with van der Waals surface area (Å²) in [5, 5.41) is 7.92. The molecule has 28 heavy (non-hydrogen) atoms. The first kappa shape index (κ1) is 20.1. The molecule has 1 amide bonds. The van der Waals surface area contributed by atoms with Crippen molar-refractivity contribution in [2.75, 3.05) is 13.2 Å². The van der Waals surface area contributed by atoms with Gasteiger partial charge in [0.2, 0.25) is 0 Å². The first-order valence-electron chi connectivity index (χ1n) is 9.31. The topological polar surface area (TPSA) is 56.1 Å². The molecule has 0 fully saturated rings. The molecule has 1 heterocycles. The molecule has 1 N–H and O–H groups in total. The zero-order valence-electron chi connectivity index (χ0n) is 16.1. The largest absolute Gasteiger partial charge is 0.374 e. The second kappa shape index (κ2) is 9.53. The van der Waals surface area contributed by atoms with Crippen LogP contribution in [0.5, 0.6) is 0 Å². The van der Waals surface area contributed by atoms with Crippen molar-refractivity contribution >= 4 is 17.5 Å². The van der Waals surface area contributed by atoms with E-state index in [1.54, 1.807) is 23.0 Å². The molecule has 0 aliphatic rings. The molecule has 0 aliphatic heterocycles. The van der Waals surface area contributed by atoms with E-state index >= 15 is 0 Å². The van der Waals surface area contributed by atoms with Crippen molar-refractivity contribution in [2.24, 2.45) is 0 Å². The van der Waals surface area contributed by atoms with Crippen LogP contribution in [0, 0.1) is 6.92 Å². The Morgan fingerprint density at radius 1 is 1.18 bits per heavy atom. The second-order valence-corrected chi connectivity index (χ2v) is 7.00. The molecular formula is C22H24ClN3O2. The molecule has 6 heteroatoms. The van der Waals surface area contributed by atoms with Gasteiger partial charge in [-0.3, -0.25) is 4.79 Å². The van der Waals surface area contributed by atoms with Crippen LogP contribution in [0.4, 0.5) is 0 Å². The lowest BCUT2D eigenvalue weighted by molar-refractivity contribution is 0.0635. The average molecular weight is 398 g/mol. The summed E-state index contributed by atoms with van der Waals surface area (Å²) in [6.07, 6.45) is 2.37. The number of benzene rings is 2. The van der Waals surface area contributed by atoms with Gasteiger partial charge in [-0.1, -0.05) is 41.9 Å². The number of halogens is 1. The summed E-state index contributed by atoms with van der Waals surface area (Å²) in [4.78, 5) is 12.5. The molecule has 0 spiro atoms. The van der Waals surface area contributed by atoms with Crippen LogP contribution < -0.4 is 5.32 Å². The normalized spacial score (nSPS) is 12.0. The summed E-state index contributed by atoms with van der Waals surface area (Å²) in [7, 11) is 0. The number of nitrogens with zero attached hydrogens (tertiary/aromatic N) is 2. The number of ether oxygens (including phenoxy) is 1. The van der Waals surface area contributed by atoms with Gasteiger partial charge in [0.05, 0.1) is 29.2 Å². The van der Waals surface area contributed by atoms with E-state index in [0.717, 1.165) is 23.4 Å².